The van der Waals surface area contributed by atoms with Gasteiger partial charge in [0, 0.05) is 43.2 Å². The van der Waals surface area contributed by atoms with E-state index in [9.17, 15) is 4.79 Å². The zero-order valence-corrected chi connectivity index (χ0v) is 16.5. The van der Waals surface area contributed by atoms with E-state index >= 15 is 0 Å². The highest BCUT2D eigenvalue weighted by Gasteiger charge is 2.28. The molecule has 5 heteroatoms. The van der Waals surface area contributed by atoms with Crippen molar-refractivity contribution in [1.29, 1.82) is 0 Å². The minimum Gasteiger partial charge on any atom is -0.338 e. The number of hydrogen-bond donors (Lipinski definition) is 0. The Morgan fingerprint density at radius 2 is 1.93 bits per heavy atom. The van der Waals surface area contributed by atoms with Crippen LogP contribution in [-0.2, 0) is 6.54 Å². The fourth-order valence-electron chi connectivity index (χ4n) is 4.13. The highest BCUT2D eigenvalue weighted by molar-refractivity contribution is 5.94. The topological polar surface area (TPSA) is 51.0 Å². The maximum atomic E-state index is 13.1. The van der Waals surface area contributed by atoms with E-state index in [0.717, 1.165) is 47.6 Å². The lowest BCUT2D eigenvalue weighted by atomic mass is 9.96. The Morgan fingerprint density at radius 3 is 2.68 bits per heavy atom. The van der Waals surface area contributed by atoms with Crippen molar-refractivity contribution >= 4 is 5.91 Å². The second kappa shape index (κ2) is 7.97. The largest absolute Gasteiger partial charge is 0.338 e. The monoisotopic (exact) mass is 374 g/mol. The molecule has 28 heavy (non-hydrogen) atoms. The normalized spacial score (nSPS) is 16.9. The van der Waals surface area contributed by atoms with Gasteiger partial charge in [-0.1, -0.05) is 23.3 Å². The Kier molecular flexibility index (Phi) is 5.24. The molecule has 2 aromatic heterocycles. The van der Waals surface area contributed by atoms with Crippen LogP contribution in [0, 0.1) is 13.8 Å². The van der Waals surface area contributed by atoms with Gasteiger partial charge in [0.2, 0.25) is 0 Å². The third kappa shape index (κ3) is 3.98. The highest BCUT2D eigenvalue weighted by Crippen LogP contribution is 2.27. The molecule has 1 unspecified atom stereocenters. The number of carbonyl (C=O) groups is 1. The third-order valence-corrected chi connectivity index (χ3v) is 5.35. The molecule has 1 fully saturated rings. The van der Waals surface area contributed by atoms with Crippen LogP contribution in [0.4, 0.5) is 0 Å². The first kappa shape index (κ1) is 18.4. The summed E-state index contributed by atoms with van der Waals surface area (Å²) in [5.41, 5.74) is 4.06. The molecule has 1 atom stereocenters. The number of nitrogens with zero attached hydrogens (tertiary/aromatic N) is 4. The maximum Gasteiger partial charge on any atom is 0.253 e. The first-order valence-electron chi connectivity index (χ1n) is 9.88. The number of benzene rings is 1. The van der Waals surface area contributed by atoms with Crippen LogP contribution < -0.4 is 0 Å². The quantitative estimate of drug-likeness (QED) is 0.694. The molecule has 0 N–H and O–H groups in total. The van der Waals surface area contributed by atoms with Crippen LogP contribution in [0.15, 0.2) is 55.0 Å². The van der Waals surface area contributed by atoms with Gasteiger partial charge in [0.05, 0.1) is 12.2 Å². The van der Waals surface area contributed by atoms with E-state index in [2.05, 4.69) is 20.6 Å². The summed E-state index contributed by atoms with van der Waals surface area (Å²) in [7, 11) is 0. The van der Waals surface area contributed by atoms with Crippen molar-refractivity contribution < 1.29 is 4.79 Å². The van der Waals surface area contributed by atoms with E-state index < -0.39 is 0 Å². The maximum absolute atomic E-state index is 13.1. The van der Waals surface area contributed by atoms with E-state index in [1.54, 1.807) is 0 Å². The molecule has 0 aliphatic carbocycles. The SMILES string of the molecule is Cc1cc(C)cc(C(=O)N2CCCC(c3nccn3Cc3ccccn3)C2)c1. The van der Waals surface area contributed by atoms with Gasteiger partial charge in [0.1, 0.15) is 5.82 Å². The van der Waals surface area contributed by atoms with E-state index in [1.807, 2.05) is 67.7 Å². The number of amides is 1. The number of aryl methyl sites for hydroxylation is 2. The standard InChI is InChI=1S/C23H26N4O/c1-17-12-18(2)14-20(13-17)23(28)27-10-5-6-19(15-27)22-25-9-11-26(22)16-21-7-3-4-8-24-21/h3-4,7-9,11-14,19H,5-6,10,15-16H2,1-2H3. The van der Waals surface area contributed by atoms with Gasteiger partial charge in [0.15, 0.2) is 0 Å². The van der Waals surface area contributed by atoms with Gasteiger partial charge in [-0.05, 0) is 51.0 Å². The summed E-state index contributed by atoms with van der Waals surface area (Å²) in [5, 5.41) is 0. The molecule has 1 aromatic carbocycles. The third-order valence-electron chi connectivity index (χ3n) is 5.35. The Bertz CT molecular complexity index is 943. The molecule has 1 aliphatic rings. The summed E-state index contributed by atoms with van der Waals surface area (Å²) < 4.78 is 2.16. The highest BCUT2D eigenvalue weighted by atomic mass is 16.2. The second-order valence-corrected chi connectivity index (χ2v) is 7.70. The molecular weight excluding hydrogens is 348 g/mol. The lowest BCUT2D eigenvalue weighted by molar-refractivity contribution is 0.0703. The van der Waals surface area contributed by atoms with Crippen molar-refractivity contribution in [2.24, 2.45) is 0 Å². The predicted octanol–water partition coefficient (Wildman–Crippen LogP) is 3.96. The lowest BCUT2D eigenvalue weighted by Crippen LogP contribution is -2.39. The Labute approximate surface area is 166 Å². The number of piperidine rings is 1. The average molecular weight is 374 g/mol. The van der Waals surface area contributed by atoms with E-state index in [4.69, 9.17) is 0 Å². The van der Waals surface area contributed by atoms with Crippen LogP contribution in [0.2, 0.25) is 0 Å². The minimum absolute atomic E-state index is 0.124. The number of carbonyl (C=O) groups excluding carboxylic acids is 1. The van der Waals surface area contributed by atoms with Gasteiger partial charge >= 0.3 is 0 Å². The van der Waals surface area contributed by atoms with Crippen molar-refractivity contribution in [3.05, 3.63) is 83.2 Å². The predicted molar refractivity (Wildman–Crippen MR) is 109 cm³/mol. The van der Waals surface area contributed by atoms with E-state index in [-0.39, 0.29) is 11.8 Å². The summed E-state index contributed by atoms with van der Waals surface area (Å²) in [6, 6.07) is 12.0. The average Bonchev–Trinajstić information content (AvgIpc) is 3.15. The van der Waals surface area contributed by atoms with Crippen LogP contribution in [0.5, 0.6) is 0 Å². The molecule has 3 aromatic rings. The molecule has 1 saturated heterocycles. The van der Waals surface area contributed by atoms with Crippen LogP contribution in [0.3, 0.4) is 0 Å². The van der Waals surface area contributed by atoms with Gasteiger partial charge in [-0.25, -0.2) is 4.98 Å². The molecule has 0 bridgehead atoms. The molecule has 0 saturated carbocycles. The molecule has 4 rings (SSSR count). The van der Waals surface area contributed by atoms with Crippen molar-refractivity contribution in [3.8, 4) is 0 Å². The zero-order valence-electron chi connectivity index (χ0n) is 16.5. The molecule has 0 spiro atoms. The van der Waals surface area contributed by atoms with E-state index in [1.165, 1.54) is 0 Å². The second-order valence-electron chi connectivity index (χ2n) is 7.70. The van der Waals surface area contributed by atoms with Crippen LogP contribution in [0.25, 0.3) is 0 Å². The Morgan fingerprint density at radius 1 is 1.11 bits per heavy atom. The molecule has 144 valence electrons. The van der Waals surface area contributed by atoms with Crippen molar-refractivity contribution in [3.63, 3.8) is 0 Å². The molecular formula is C23H26N4O. The molecule has 5 nitrogen and oxygen atoms in total. The number of hydrogen-bond acceptors (Lipinski definition) is 3. The summed E-state index contributed by atoms with van der Waals surface area (Å²) in [5.74, 6) is 1.42. The minimum atomic E-state index is 0.124. The summed E-state index contributed by atoms with van der Waals surface area (Å²) >= 11 is 0. The van der Waals surface area contributed by atoms with Crippen molar-refractivity contribution in [2.75, 3.05) is 13.1 Å². The molecule has 1 amide bonds. The summed E-state index contributed by atoms with van der Waals surface area (Å²) in [6.45, 7) is 6.31. The first-order chi connectivity index (χ1) is 13.6. The van der Waals surface area contributed by atoms with Crippen LogP contribution in [-0.4, -0.2) is 38.4 Å². The fourth-order valence-corrected chi connectivity index (χ4v) is 4.13. The molecule has 3 heterocycles. The molecule has 0 radical (unpaired) electrons. The number of likely N-dealkylation sites (tertiary alicyclic amines) is 1. The van der Waals surface area contributed by atoms with Gasteiger partial charge < -0.3 is 9.47 Å². The summed E-state index contributed by atoms with van der Waals surface area (Å²) in [4.78, 5) is 24.1. The van der Waals surface area contributed by atoms with Crippen LogP contribution >= 0.6 is 0 Å². The van der Waals surface area contributed by atoms with Gasteiger partial charge in [0.25, 0.3) is 5.91 Å². The number of rotatable bonds is 4. The van der Waals surface area contributed by atoms with Crippen LogP contribution in [0.1, 0.15) is 51.8 Å². The smallest absolute Gasteiger partial charge is 0.253 e. The van der Waals surface area contributed by atoms with Gasteiger partial charge in [-0.3, -0.25) is 9.78 Å². The molecule has 1 aliphatic heterocycles. The Hall–Kier alpha value is -2.95. The number of imidazole rings is 1. The van der Waals surface area contributed by atoms with Crippen molar-refractivity contribution in [1.82, 2.24) is 19.4 Å². The first-order valence-corrected chi connectivity index (χ1v) is 9.88. The van der Waals surface area contributed by atoms with Gasteiger partial charge in [-0.15, -0.1) is 0 Å². The van der Waals surface area contributed by atoms with Crippen molar-refractivity contribution in [2.45, 2.75) is 39.2 Å². The van der Waals surface area contributed by atoms with E-state index in [0.29, 0.717) is 13.1 Å². The zero-order chi connectivity index (χ0) is 19.5. The summed E-state index contributed by atoms with van der Waals surface area (Å²) in [6.07, 6.45) is 7.72. The lowest BCUT2D eigenvalue weighted by Gasteiger charge is -2.33. The van der Waals surface area contributed by atoms with Gasteiger partial charge in [-0.2, -0.15) is 0 Å². The fraction of sp³-hybridized carbons (Fsp3) is 0.348. The Balaban J connectivity index is 1.52. The number of aromatic nitrogens is 3. The number of pyridine rings is 1.